The zero-order valence-corrected chi connectivity index (χ0v) is 15.5. The second-order valence-electron chi connectivity index (χ2n) is 5.47. The Morgan fingerprint density at radius 1 is 1.11 bits per heavy atom. The molecule has 3 aromatic rings. The number of rotatable bonds is 6. The van der Waals surface area contributed by atoms with Gasteiger partial charge in [0, 0.05) is 22.8 Å². The molecule has 27 heavy (non-hydrogen) atoms. The number of amides is 1. The second kappa shape index (κ2) is 8.57. The number of para-hydroxylation sites is 1. The van der Waals surface area contributed by atoms with Gasteiger partial charge in [-0.3, -0.25) is 9.94 Å². The maximum absolute atomic E-state index is 12.1. The molecule has 0 aliphatic rings. The Morgan fingerprint density at radius 2 is 1.85 bits per heavy atom. The second-order valence-corrected chi connectivity index (χ2v) is 5.90. The molecule has 1 aromatic heterocycles. The first-order valence-electron chi connectivity index (χ1n) is 8.07. The summed E-state index contributed by atoms with van der Waals surface area (Å²) in [5.74, 6) is 0.409. The number of hydroxylamine groups is 1. The Balaban J connectivity index is 2.09. The first-order valence-corrected chi connectivity index (χ1v) is 8.45. The quantitative estimate of drug-likeness (QED) is 0.636. The van der Waals surface area contributed by atoms with Gasteiger partial charge >= 0.3 is 6.09 Å². The molecule has 1 unspecified atom stereocenters. The van der Waals surface area contributed by atoms with E-state index in [0.717, 1.165) is 10.6 Å². The van der Waals surface area contributed by atoms with E-state index < -0.39 is 12.2 Å². The molecule has 1 N–H and O–H groups in total. The van der Waals surface area contributed by atoms with E-state index in [0.29, 0.717) is 22.2 Å². The van der Waals surface area contributed by atoms with Crippen molar-refractivity contribution in [2.75, 3.05) is 19.3 Å². The maximum atomic E-state index is 12.1. The highest BCUT2D eigenvalue weighted by Gasteiger charge is 2.26. The largest absolute Gasteiger partial charge is 0.463 e. The van der Waals surface area contributed by atoms with E-state index >= 15 is 0 Å². The van der Waals surface area contributed by atoms with Crippen LogP contribution in [0.3, 0.4) is 0 Å². The number of hydrogen-bond acceptors (Lipinski definition) is 5. The minimum Gasteiger partial charge on any atom is -0.463 e. The van der Waals surface area contributed by atoms with Gasteiger partial charge < -0.3 is 9.47 Å². The van der Waals surface area contributed by atoms with Crippen molar-refractivity contribution >= 4 is 23.4 Å². The van der Waals surface area contributed by atoms with Gasteiger partial charge in [0.1, 0.15) is 0 Å². The summed E-state index contributed by atoms with van der Waals surface area (Å²) in [4.78, 5) is 17.3. The van der Waals surface area contributed by atoms with Crippen molar-refractivity contribution in [3.8, 4) is 5.88 Å². The summed E-state index contributed by atoms with van der Waals surface area (Å²) in [7, 11) is 2.67. The number of ether oxygens (including phenoxy) is 2. The topological polar surface area (TPSA) is 76.7 Å². The summed E-state index contributed by atoms with van der Waals surface area (Å²) in [6, 6.07) is 16.2. The fourth-order valence-electron chi connectivity index (χ4n) is 2.63. The number of carbonyl (C=O) groups is 1. The van der Waals surface area contributed by atoms with Crippen LogP contribution >= 0.6 is 11.6 Å². The van der Waals surface area contributed by atoms with Gasteiger partial charge in [0.15, 0.2) is 6.10 Å². The third kappa shape index (κ3) is 4.21. The van der Waals surface area contributed by atoms with Gasteiger partial charge in [-0.1, -0.05) is 41.9 Å². The van der Waals surface area contributed by atoms with Crippen LogP contribution in [0.25, 0.3) is 0 Å². The number of methoxy groups -OCH3 is 1. The molecule has 3 rings (SSSR count). The van der Waals surface area contributed by atoms with Crippen molar-refractivity contribution in [3.63, 3.8) is 0 Å². The minimum absolute atomic E-state index is 0.409. The number of anilines is 1. The highest BCUT2D eigenvalue weighted by Crippen LogP contribution is 2.35. The molecule has 140 valence electrons. The normalized spacial score (nSPS) is 11.7. The monoisotopic (exact) mass is 387 g/mol. The molecule has 0 radical (unpaired) electrons. The van der Waals surface area contributed by atoms with Gasteiger partial charge in [0.25, 0.3) is 0 Å². The van der Waals surface area contributed by atoms with Crippen molar-refractivity contribution in [2.24, 2.45) is 0 Å². The lowest BCUT2D eigenvalue weighted by Gasteiger charge is -2.25. The fraction of sp³-hybridized carbons (Fsp3) is 0.158. The summed E-state index contributed by atoms with van der Waals surface area (Å²) < 4.78 is 10.9. The SMILES string of the molecule is COC(=O)N(OC)c1ccccc1C(Oc1cc[nH]n1)c1ccc(Cl)cc1. The van der Waals surface area contributed by atoms with E-state index in [1.807, 2.05) is 24.3 Å². The average molecular weight is 388 g/mol. The highest BCUT2D eigenvalue weighted by atomic mass is 35.5. The Labute approximate surface area is 161 Å². The Kier molecular flexibility index (Phi) is 5.95. The predicted octanol–water partition coefficient (Wildman–Crippen LogP) is 4.37. The molecule has 0 fully saturated rings. The predicted molar refractivity (Wildman–Crippen MR) is 101 cm³/mol. The molecular weight excluding hydrogens is 370 g/mol. The van der Waals surface area contributed by atoms with Gasteiger partial charge in [-0.15, -0.1) is 5.10 Å². The van der Waals surface area contributed by atoms with Gasteiger partial charge in [0.05, 0.1) is 19.9 Å². The molecule has 1 atom stereocenters. The average Bonchev–Trinajstić information content (AvgIpc) is 3.21. The van der Waals surface area contributed by atoms with Gasteiger partial charge in [-0.2, -0.15) is 5.06 Å². The van der Waals surface area contributed by atoms with Gasteiger partial charge in [-0.25, -0.2) is 4.79 Å². The molecular formula is C19H18ClN3O4. The molecule has 0 saturated carbocycles. The third-order valence-corrected chi connectivity index (χ3v) is 4.10. The summed E-state index contributed by atoms with van der Waals surface area (Å²) in [6.45, 7) is 0. The van der Waals surface area contributed by atoms with Crippen molar-refractivity contribution in [1.29, 1.82) is 0 Å². The Bertz CT molecular complexity index is 884. The first-order chi connectivity index (χ1) is 13.1. The van der Waals surface area contributed by atoms with E-state index in [1.54, 1.807) is 36.5 Å². The number of aromatic nitrogens is 2. The molecule has 0 aliphatic carbocycles. The lowest BCUT2D eigenvalue weighted by molar-refractivity contribution is 0.114. The highest BCUT2D eigenvalue weighted by molar-refractivity contribution is 6.30. The number of aromatic amines is 1. The molecule has 0 spiro atoms. The Hall–Kier alpha value is -3.03. The summed E-state index contributed by atoms with van der Waals surface area (Å²) >= 11 is 6.02. The number of H-pyrrole nitrogens is 1. The maximum Gasteiger partial charge on any atom is 0.438 e. The Morgan fingerprint density at radius 3 is 2.48 bits per heavy atom. The zero-order valence-electron chi connectivity index (χ0n) is 14.8. The minimum atomic E-state index is -0.653. The molecule has 0 bridgehead atoms. The van der Waals surface area contributed by atoms with Gasteiger partial charge in [-0.05, 0) is 23.8 Å². The van der Waals surface area contributed by atoms with Crippen LogP contribution in [0, 0.1) is 0 Å². The molecule has 8 heteroatoms. The number of halogens is 1. The lowest BCUT2D eigenvalue weighted by atomic mass is 9.99. The fourth-order valence-corrected chi connectivity index (χ4v) is 2.76. The molecule has 0 aliphatic heterocycles. The van der Waals surface area contributed by atoms with Crippen molar-refractivity contribution in [1.82, 2.24) is 10.2 Å². The van der Waals surface area contributed by atoms with Crippen LogP contribution in [-0.2, 0) is 9.57 Å². The van der Waals surface area contributed by atoms with Crippen LogP contribution in [0.2, 0.25) is 5.02 Å². The van der Waals surface area contributed by atoms with E-state index in [4.69, 9.17) is 25.9 Å². The number of hydrogen-bond donors (Lipinski definition) is 1. The van der Waals surface area contributed by atoms with Crippen molar-refractivity contribution < 1.29 is 19.1 Å². The molecule has 0 saturated heterocycles. The van der Waals surface area contributed by atoms with E-state index in [9.17, 15) is 4.79 Å². The molecule has 2 aromatic carbocycles. The van der Waals surface area contributed by atoms with Crippen LogP contribution in [0.4, 0.5) is 10.5 Å². The van der Waals surface area contributed by atoms with E-state index in [1.165, 1.54) is 14.2 Å². The third-order valence-electron chi connectivity index (χ3n) is 3.85. The van der Waals surface area contributed by atoms with Gasteiger partial charge in [0.2, 0.25) is 5.88 Å². The zero-order chi connectivity index (χ0) is 19.2. The lowest BCUT2D eigenvalue weighted by Crippen LogP contribution is -2.31. The number of benzene rings is 2. The van der Waals surface area contributed by atoms with Crippen LogP contribution in [0.15, 0.2) is 60.8 Å². The first kappa shape index (κ1) is 18.8. The summed E-state index contributed by atoms with van der Waals surface area (Å²) in [6.07, 6.45) is 0.444. The standard InChI is InChI=1S/C19H18ClN3O4/c1-25-19(24)23(26-2)16-6-4-3-5-15(16)18(27-17-11-12-21-22-17)13-7-9-14(20)10-8-13/h3-12,18H,1-2H3,(H,21,22). The van der Waals surface area contributed by atoms with E-state index in [-0.39, 0.29) is 0 Å². The molecule has 7 nitrogen and oxygen atoms in total. The molecule has 1 heterocycles. The van der Waals surface area contributed by atoms with Crippen molar-refractivity contribution in [3.05, 3.63) is 76.9 Å². The summed E-state index contributed by atoms with van der Waals surface area (Å²) in [5, 5.41) is 8.45. The number of carbonyl (C=O) groups excluding carboxylic acids is 1. The summed E-state index contributed by atoms with van der Waals surface area (Å²) in [5.41, 5.74) is 2.01. The smallest absolute Gasteiger partial charge is 0.438 e. The molecule has 1 amide bonds. The van der Waals surface area contributed by atoms with Crippen molar-refractivity contribution in [2.45, 2.75) is 6.10 Å². The van der Waals surface area contributed by atoms with Crippen LogP contribution in [0.5, 0.6) is 5.88 Å². The number of nitrogens with one attached hydrogen (secondary N) is 1. The van der Waals surface area contributed by atoms with E-state index in [2.05, 4.69) is 10.2 Å². The van der Waals surface area contributed by atoms with Crippen LogP contribution in [0.1, 0.15) is 17.2 Å². The van der Waals surface area contributed by atoms with Crippen LogP contribution < -0.4 is 9.80 Å². The number of nitrogens with zero attached hydrogens (tertiary/aromatic N) is 2. The van der Waals surface area contributed by atoms with Crippen LogP contribution in [-0.4, -0.2) is 30.5 Å².